The van der Waals surface area contributed by atoms with Crippen molar-refractivity contribution in [1.82, 2.24) is 0 Å². The number of methoxy groups -OCH3 is 1. The highest BCUT2D eigenvalue weighted by atomic mass is 19.4. The molecule has 2 aromatic rings. The number of nitrogens with one attached hydrogen (secondary N) is 1. The van der Waals surface area contributed by atoms with E-state index in [4.69, 9.17) is 5.26 Å². The molecule has 6 nitrogen and oxygen atoms in total. The monoisotopic (exact) mass is 458 g/mol. The highest BCUT2D eigenvalue weighted by Crippen LogP contribution is 2.37. The number of nitriles is 1. The maximum atomic E-state index is 13.0. The minimum atomic E-state index is -5.12. The second kappa shape index (κ2) is 9.01. The van der Waals surface area contributed by atoms with Crippen molar-refractivity contribution < 1.29 is 45.8 Å². The smallest absolute Gasteiger partial charge is 0.416 e. The first kappa shape index (κ1) is 24.3. The lowest BCUT2D eigenvalue weighted by Gasteiger charge is -2.15. The molecule has 0 saturated carbocycles. The van der Waals surface area contributed by atoms with Gasteiger partial charge >= 0.3 is 18.3 Å². The van der Waals surface area contributed by atoms with E-state index < -0.39 is 57.9 Å². The SMILES string of the molecule is COC(=O)/C(C#N)=C/c1ccc(O)c(C(=O)Nc2cc(C(F)(F)F)cc(C(F)(F)F)c2)c1. The predicted molar refractivity (Wildman–Crippen MR) is 98.1 cm³/mol. The summed E-state index contributed by atoms with van der Waals surface area (Å²) >= 11 is 0. The van der Waals surface area contributed by atoms with Gasteiger partial charge in [-0.1, -0.05) is 6.07 Å². The largest absolute Gasteiger partial charge is 0.507 e. The van der Waals surface area contributed by atoms with Gasteiger partial charge < -0.3 is 15.2 Å². The van der Waals surface area contributed by atoms with E-state index in [-0.39, 0.29) is 11.6 Å². The molecule has 0 saturated heterocycles. The van der Waals surface area contributed by atoms with Crippen LogP contribution in [0.3, 0.4) is 0 Å². The maximum Gasteiger partial charge on any atom is 0.416 e. The van der Waals surface area contributed by atoms with Crippen LogP contribution in [0.15, 0.2) is 42.0 Å². The molecule has 0 aliphatic carbocycles. The Morgan fingerprint density at radius 1 is 1.03 bits per heavy atom. The van der Waals surface area contributed by atoms with Crippen LogP contribution in [0.5, 0.6) is 5.75 Å². The third-order valence-corrected chi connectivity index (χ3v) is 3.95. The summed E-state index contributed by atoms with van der Waals surface area (Å²) in [5, 5.41) is 20.7. The molecule has 2 N–H and O–H groups in total. The zero-order chi connectivity index (χ0) is 24.3. The van der Waals surface area contributed by atoms with Crippen molar-refractivity contribution in [2.75, 3.05) is 12.4 Å². The Balaban J connectivity index is 2.46. The Morgan fingerprint density at radius 3 is 2.06 bits per heavy atom. The number of amides is 1. The van der Waals surface area contributed by atoms with E-state index in [2.05, 4.69) is 4.74 Å². The van der Waals surface area contributed by atoms with Crippen LogP contribution >= 0.6 is 0 Å². The lowest BCUT2D eigenvalue weighted by atomic mass is 10.1. The van der Waals surface area contributed by atoms with Crippen LogP contribution in [0.25, 0.3) is 6.08 Å². The van der Waals surface area contributed by atoms with Crippen molar-refractivity contribution in [2.45, 2.75) is 12.4 Å². The van der Waals surface area contributed by atoms with Gasteiger partial charge in [-0.05, 0) is 42.0 Å². The molecule has 0 aliphatic heterocycles. The summed E-state index contributed by atoms with van der Waals surface area (Å²) < 4.78 is 82.2. The second-order valence-corrected chi connectivity index (χ2v) is 6.19. The van der Waals surface area contributed by atoms with Gasteiger partial charge in [0, 0.05) is 5.69 Å². The first-order valence-electron chi connectivity index (χ1n) is 8.40. The molecule has 12 heteroatoms. The Hall–Kier alpha value is -4.01. The Bertz CT molecular complexity index is 1100. The summed E-state index contributed by atoms with van der Waals surface area (Å²) in [6, 6.07) is 5.23. The fraction of sp³-hybridized carbons (Fsp3) is 0.150. The lowest BCUT2D eigenvalue weighted by molar-refractivity contribution is -0.143. The number of phenols is 1. The van der Waals surface area contributed by atoms with Crippen LogP contribution in [0.4, 0.5) is 32.0 Å². The predicted octanol–water partition coefficient (Wildman–Crippen LogP) is 4.76. The number of alkyl halides is 6. The number of ether oxygens (including phenoxy) is 1. The van der Waals surface area contributed by atoms with Crippen molar-refractivity contribution in [3.05, 3.63) is 64.2 Å². The van der Waals surface area contributed by atoms with Gasteiger partial charge in [0.2, 0.25) is 0 Å². The quantitative estimate of drug-likeness (QED) is 0.298. The molecule has 0 bridgehead atoms. The third-order valence-electron chi connectivity index (χ3n) is 3.95. The molecule has 2 aromatic carbocycles. The summed E-state index contributed by atoms with van der Waals surface area (Å²) in [5.74, 6) is -2.88. The zero-order valence-corrected chi connectivity index (χ0v) is 15.9. The zero-order valence-electron chi connectivity index (χ0n) is 15.9. The van der Waals surface area contributed by atoms with Gasteiger partial charge in [-0.25, -0.2) is 4.79 Å². The molecule has 0 fully saturated rings. The van der Waals surface area contributed by atoms with Gasteiger partial charge in [-0.2, -0.15) is 31.6 Å². The number of carbonyl (C=O) groups is 2. The molecule has 0 heterocycles. The van der Waals surface area contributed by atoms with Crippen molar-refractivity contribution in [1.29, 1.82) is 5.26 Å². The van der Waals surface area contributed by atoms with Crippen LogP contribution in [0.2, 0.25) is 0 Å². The van der Waals surface area contributed by atoms with E-state index in [1.165, 1.54) is 6.07 Å². The minimum Gasteiger partial charge on any atom is -0.507 e. The lowest BCUT2D eigenvalue weighted by Crippen LogP contribution is -2.16. The molecule has 0 spiro atoms. The van der Waals surface area contributed by atoms with Crippen LogP contribution in [0.1, 0.15) is 27.0 Å². The molecular formula is C20H12F6N2O4. The number of nitrogens with zero attached hydrogens (tertiary/aromatic N) is 1. The first-order valence-corrected chi connectivity index (χ1v) is 8.40. The number of hydrogen-bond donors (Lipinski definition) is 2. The van der Waals surface area contributed by atoms with Crippen LogP contribution < -0.4 is 5.32 Å². The fourth-order valence-corrected chi connectivity index (χ4v) is 2.46. The van der Waals surface area contributed by atoms with Crippen molar-refractivity contribution in [2.24, 2.45) is 0 Å². The van der Waals surface area contributed by atoms with Crippen LogP contribution in [0, 0.1) is 11.3 Å². The van der Waals surface area contributed by atoms with Crippen LogP contribution in [-0.2, 0) is 21.9 Å². The summed E-state index contributed by atoms with van der Waals surface area (Å²) in [5.41, 5.74) is -5.04. The minimum absolute atomic E-state index is 0.0509. The highest BCUT2D eigenvalue weighted by molar-refractivity contribution is 6.07. The van der Waals surface area contributed by atoms with Crippen molar-refractivity contribution in [3.8, 4) is 11.8 Å². The van der Waals surface area contributed by atoms with Gasteiger partial charge in [0.15, 0.2) is 0 Å². The van der Waals surface area contributed by atoms with Crippen LogP contribution in [-0.4, -0.2) is 24.1 Å². The normalized spacial score (nSPS) is 12.1. The molecular weight excluding hydrogens is 446 g/mol. The van der Waals surface area contributed by atoms with Crippen molar-refractivity contribution >= 4 is 23.6 Å². The Labute approximate surface area is 176 Å². The number of halogens is 6. The fourth-order valence-electron chi connectivity index (χ4n) is 2.46. The average molecular weight is 458 g/mol. The number of anilines is 1. The molecule has 0 atom stereocenters. The van der Waals surface area contributed by atoms with E-state index in [0.29, 0.717) is 12.1 Å². The molecule has 0 unspecified atom stereocenters. The topological polar surface area (TPSA) is 99.4 Å². The van der Waals surface area contributed by atoms with Crippen molar-refractivity contribution in [3.63, 3.8) is 0 Å². The van der Waals surface area contributed by atoms with Gasteiger partial charge in [-0.3, -0.25) is 4.79 Å². The van der Waals surface area contributed by atoms with E-state index in [1.807, 2.05) is 5.32 Å². The molecule has 0 radical (unpaired) electrons. The number of esters is 1. The Morgan fingerprint density at radius 2 is 1.59 bits per heavy atom. The second-order valence-electron chi connectivity index (χ2n) is 6.19. The van der Waals surface area contributed by atoms with E-state index >= 15 is 0 Å². The molecule has 0 aromatic heterocycles. The molecule has 1 amide bonds. The molecule has 32 heavy (non-hydrogen) atoms. The number of hydrogen-bond acceptors (Lipinski definition) is 5. The number of phenolic OH excluding ortho intramolecular Hbond substituents is 1. The molecule has 168 valence electrons. The van der Waals surface area contributed by atoms with Gasteiger partial charge in [0.05, 0.1) is 23.8 Å². The van der Waals surface area contributed by atoms with E-state index in [1.54, 1.807) is 6.07 Å². The van der Waals surface area contributed by atoms with Gasteiger partial charge in [-0.15, -0.1) is 0 Å². The van der Waals surface area contributed by atoms with E-state index in [9.17, 15) is 41.0 Å². The molecule has 0 aliphatic rings. The summed E-state index contributed by atoms with van der Waals surface area (Å²) in [6.07, 6.45) is -9.22. The average Bonchev–Trinajstić information content (AvgIpc) is 2.70. The summed E-state index contributed by atoms with van der Waals surface area (Å²) in [4.78, 5) is 23.9. The van der Waals surface area contributed by atoms with Gasteiger partial charge in [0.25, 0.3) is 5.91 Å². The van der Waals surface area contributed by atoms with E-state index in [0.717, 1.165) is 25.3 Å². The number of carbonyl (C=O) groups excluding carboxylic acids is 2. The van der Waals surface area contributed by atoms with Gasteiger partial charge in [0.1, 0.15) is 17.4 Å². The number of aromatic hydroxyl groups is 1. The standard InChI is InChI=1S/C20H12F6N2O4/c1-32-18(31)11(9-27)4-10-2-3-16(29)15(5-10)17(30)28-14-7-12(19(21,22)23)6-13(8-14)20(24,25)26/h2-8,29H,1H3,(H,28,30)/b11-4+. The highest BCUT2D eigenvalue weighted by Gasteiger charge is 2.37. The molecule has 2 rings (SSSR count). The summed E-state index contributed by atoms with van der Waals surface area (Å²) in [6.45, 7) is 0. The first-order chi connectivity index (χ1) is 14.8. The Kier molecular flexibility index (Phi) is 6.83. The third kappa shape index (κ3) is 5.78. The number of benzene rings is 2. The maximum absolute atomic E-state index is 13.0. The summed E-state index contributed by atoms with van der Waals surface area (Å²) in [7, 11) is 1.02. The number of rotatable bonds is 4.